The summed E-state index contributed by atoms with van der Waals surface area (Å²) in [4.78, 5) is 2.36. The predicted molar refractivity (Wildman–Crippen MR) is 94.8 cm³/mol. The third kappa shape index (κ3) is 3.82. The number of rotatable bonds is 6. The molecule has 0 amide bonds. The fraction of sp³-hybridized carbons (Fsp3) is 0.400. The maximum atomic E-state index is 9.40. The highest BCUT2D eigenvalue weighted by Crippen LogP contribution is 2.29. The highest BCUT2D eigenvalue weighted by Gasteiger charge is 2.21. The van der Waals surface area contributed by atoms with Crippen molar-refractivity contribution in [3.63, 3.8) is 0 Å². The molecular weight excluding hydrogens is 270 g/mol. The van der Waals surface area contributed by atoms with Gasteiger partial charge in [0.15, 0.2) is 0 Å². The summed E-state index contributed by atoms with van der Waals surface area (Å²) in [5, 5.41) is 9.40. The van der Waals surface area contributed by atoms with Crippen molar-refractivity contribution in [3.05, 3.63) is 59.7 Å². The lowest BCUT2D eigenvalue weighted by Gasteiger charge is -2.27. The van der Waals surface area contributed by atoms with Crippen LogP contribution < -0.4 is 4.90 Å². The Morgan fingerprint density at radius 3 is 1.91 bits per heavy atom. The Labute approximate surface area is 134 Å². The zero-order valence-corrected chi connectivity index (χ0v) is 14.1. The molecule has 0 spiro atoms. The quantitative estimate of drug-likeness (QED) is 0.831. The lowest BCUT2D eigenvalue weighted by Crippen LogP contribution is -2.23. The minimum atomic E-state index is 0.0682. The van der Waals surface area contributed by atoms with Crippen molar-refractivity contribution in [3.8, 4) is 5.75 Å². The fourth-order valence-electron chi connectivity index (χ4n) is 2.94. The minimum absolute atomic E-state index is 0.0682. The number of phenols is 1. The van der Waals surface area contributed by atoms with Gasteiger partial charge in [-0.3, -0.25) is 0 Å². The lowest BCUT2D eigenvalue weighted by molar-refractivity contribution is 0.474. The maximum Gasteiger partial charge on any atom is 0.115 e. The molecule has 0 saturated carbocycles. The summed E-state index contributed by atoms with van der Waals surface area (Å²) in [5.41, 5.74) is 3.94. The van der Waals surface area contributed by atoms with E-state index in [0.717, 1.165) is 19.5 Å². The first-order valence-electron chi connectivity index (χ1n) is 8.09. The summed E-state index contributed by atoms with van der Waals surface area (Å²) in [6.07, 6.45) is 0.956. The van der Waals surface area contributed by atoms with E-state index in [2.05, 4.69) is 56.9 Å². The molecule has 2 aromatic carbocycles. The van der Waals surface area contributed by atoms with Crippen LogP contribution in [-0.4, -0.2) is 18.2 Å². The number of aromatic hydroxyl groups is 1. The summed E-state index contributed by atoms with van der Waals surface area (Å²) >= 11 is 0. The standard InChI is InChI=1S/C20H27NO/c1-5-21(6-2)18-11-9-17(10-12-18)20(3,4)15-16-7-13-19(22)14-8-16/h7-14,22H,5-6,15H2,1-4H3. The Bertz CT molecular complexity index is 580. The van der Waals surface area contributed by atoms with Gasteiger partial charge in [-0.2, -0.15) is 0 Å². The van der Waals surface area contributed by atoms with Crippen LogP contribution in [0.4, 0.5) is 5.69 Å². The third-order valence-electron chi connectivity index (χ3n) is 4.36. The van der Waals surface area contributed by atoms with E-state index in [9.17, 15) is 5.11 Å². The first-order valence-corrected chi connectivity index (χ1v) is 8.09. The van der Waals surface area contributed by atoms with Gasteiger partial charge in [-0.05, 0) is 61.1 Å². The van der Waals surface area contributed by atoms with Gasteiger partial charge >= 0.3 is 0 Å². The van der Waals surface area contributed by atoms with Gasteiger partial charge in [-0.15, -0.1) is 0 Å². The van der Waals surface area contributed by atoms with Crippen LogP contribution in [-0.2, 0) is 11.8 Å². The van der Waals surface area contributed by atoms with Crippen LogP contribution >= 0.6 is 0 Å². The van der Waals surface area contributed by atoms with Gasteiger partial charge in [0.2, 0.25) is 0 Å². The normalized spacial score (nSPS) is 11.5. The molecule has 0 heterocycles. The van der Waals surface area contributed by atoms with Crippen LogP contribution in [0.1, 0.15) is 38.8 Å². The van der Waals surface area contributed by atoms with Gasteiger partial charge in [0.1, 0.15) is 5.75 Å². The molecule has 0 aliphatic heterocycles. The maximum absolute atomic E-state index is 9.40. The van der Waals surface area contributed by atoms with Gasteiger partial charge in [-0.1, -0.05) is 38.1 Å². The first-order chi connectivity index (χ1) is 10.5. The van der Waals surface area contributed by atoms with Gasteiger partial charge < -0.3 is 10.0 Å². The molecule has 0 aliphatic carbocycles. The largest absolute Gasteiger partial charge is 0.508 e. The molecule has 2 rings (SSSR count). The van der Waals surface area contributed by atoms with Crippen molar-refractivity contribution in [1.82, 2.24) is 0 Å². The smallest absolute Gasteiger partial charge is 0.115 e. The molecule has 0 aromatic heterocycles. The monoisotopic (exact) mass is 297 g/mol. The van der Waals surface area contributed by atoms with E-state index in [0.29, 0.717) is 5.75 Å². The number of hydrogen-bond donors (Lipinski definition) is 1. The van der Waals surface area contributed by atoms with Crippen molar-refractivity contribution < 1.29 is 5.11 Å². The molecule has 118 valence electrons. The molecule has 0 aliphatic rings. The average Bonchev–Trinajstić information content (AvgIpc) is 2.51. The number of anilines is 1. The van der Waals surface area contributed by atoms with Crippen LogP contribution in [0, 0.1) is 0 Å². The van der Waals surface area contributed by atoms with Crippen molar-refractivity contribution in [2.75, 3.05) is 18.0 Å². The predicted octanol–water partition coefficient (Wildman–Crippen LogP) is 4.76. The van der Waals surface area contributed by atoms with Gasteiger partial charge in [-0.25, -0.2) is 0 Å². The van der Waals surface area contributed by atoms with Crippen LogP contribution in [0.3, 0.4) is 0 Å². The second-order valence-electron chi connectivity index (χ2n) is 6.45. The van der Waals surface area contributed by atoms with Crippen molar-refractivity contribution >= 4 is 5.69 Å². The molecular formula is C20H27NO. The first kappa shape index (κ1) is 16.4. The van der Waals surface area contributed by atoms with E-state index in [1.807, 2.05) is 12.1 Å². The Hall–Kier alpha value is -1.96. The summed E-state index contributed by atoms with van der Waals surface area (Å²) in [6.45, 7) is 11.0. The highest BCUT2D eigenvalue weighted by molar-refractivity contribution is 5.48. The van der Waals surface area contributed by atoms with E-state index in [1.54, 1.807) is 12.1 Å². The van der Waals surface area contributed by atoms with Crippen molar-refractivity contribution in [2.24, 2.45) is 0 Å². The van der Waals surface area contributed by atoms with Crippen LogP contribution in [0.25, 0.3) is 0 Å². The zero-order chi connectivity index (χ0) is 16.2. The summed E-state index contributed by atoms with van der Waals surface area (Å²) in [5.74, 6) is 0.324. The second kappa shape index (κ2) is 6.87. The Morgan fingerprint density at radius 2 is 1.41 bits per heavy atom. The Kier molecular flexibility index (Phi) is 5.12. The molecule has 2 aromatic rings. The van der Waals surface area contributed by atoms with Gasteiger partial charge in [0.25, 0.3) is 0 Å². The molecule has 0 bridgehead atoms. The molecule has 0 atom stereocenters. The summed E-state index contributed by atoms with van der Waals surface area (Å²) < 4.78 is 0. The third-order valence-corrected chi connectivity index (χ3v) is 4.36. The van der Waals surface area contributed by atoms with Crippen molar-refractivity contribution in [2.45, 2.75) is 39.5 Å². The lowest BCUT2D eigenvalue weighted by atomic mass is 9.79. The molecule has 2 heteroatoms. The molecule has 22 heavy (non-hydrogen) atoms. The molecule has 0 unspecified atom stereocenters. The van der Waals surface area contributed by atoms with Crippen molar-refractivity contribution in [1.29, 1.82) is 0 Å². The Morgan fingerprint density at radius 1 is 0.864 bits per heavy atom. The number of phenolic OH excluding ortho intramolecular Hbond substituents is 1. The molecule has 0 radical (unpaired) electrons. The highest BCUT2D eigenvalue weighted by atomic mass is 16.3. The minimum Gasteiger partial charge on any atom is -0.508 e. The second-order valence-corrected chi connectivity index (χ2v) is 6.45. The van der Waals surface area contributed by atoms with E-state index in [-0.39, 0.29) is 5.41 Å². The molecule has 0 saturated heterocycles. The molecule has 0 fully saturated rings. The SMILES string of the molecule is CCN(CC)c1ccc(C(C)(C)Cc2ccc(O)cc2)cc1. The average molecular weight is 297 g/mol. The van der Waals surface area contributed by atoms with E-state index in [4.69, 9.17) is 0 Å². The molecule has 2 nitrogen and oxygen atoms in total. The molecule has 1 N–H and O–H groups in total. The summed E-state index contributed by atoms with van der Waals surface area (Å²) in [6, 6.07) is 16.5. The van der Waals surface area contributed by atoms with Crippen LogP contribution in [0.5, 0.6) is 5.75 Å². The van der Waals surface area contributed by atoms with Crippen LogP contribution in [0.2, 0.25) is 0 Å². The number of hydrogen-bond acceptors (Lipinski definition) is 2. The van der Waals surface area contributed by atoms with Gasteiger partial charge in [0, 0.05) is 18.8 Å². The van der Waals surface area contributed by atoms with E-state index >= 15 is 0 Å². The number of nitrogens with zero attached hydrogens (tertiary/aromatic N) is 1. The van der Waals surface area contributed by atoms with Gasteiger partial charge in [0.05, 0.1) is 0 Å². The topological polar surface area (TPSA) is 23.5 Å². The van der Waals surface area contributed by atoms with Crippen LogP contribution in [0.15, 0.2) is 48.5 Å². The zero-order valence-electron chi connectivity index (χ0n) is 14.1. The van der Waals surface area contributed by atoms with E-state index < -0.39 is 0 Å². The number of benzene rings is 2. The summed E-state index contributed by atoms with van der Waals surface area (Å²) in [7, 11) is 0. The van der Waals surface area contributed by atoms with E-state index in [1.165, 1.54) is 16.8 Å². The fourth-order valence-corrected chi connectivity index (χ4v) is 2.94. The Balaban J connectivity index is 2.16.